The zero-order valence-electron chi connectivity index (χ0n) is 10.9. The van der Waals surface area contributed by atoms with Gasteiger partial charge in [-0.15, -0.1) is 0 Å². The summed E-state index contributed by atoms with van der Waals surface area (Å²) in [7, 11) is 0. The summed E-state index contributed by atoms with van der Waals surface area (Å²) >= 11 is 1.76. The average molecular weight is 261 g/mol. The summed E-state index contributed by atoms with van der Waals surface area (Å²) in [6.45, 7) is 5.71. The lowest BCUT2D eigenvalue weighted by atomic mass is 10.1. The van der Waals surface area contributed by atoms with Gasteiger partial charge in [0.2, 0.25) is 5.91 Å². The molecule has 0 radical (unpaired) electrons. The zero-order chi connectivity index (χ0) is 13.3. The molecule has 4 nitrogen and oxygen atoms in total. The van der Waals surface area contributed by atoms with Crippen LogP contribution in [0.1, 0.15) is 40.0 Å². The van der Waals surface area contributed by atoms with Gasteiger partial charge >= 0.3 is 5.97 Å². The van der Waals surface area contributed by atoms with Crippen molar-refractivity contribution in [2.75, 3.05) is 11.5 Å². The molecular weight excluding hydrogens is 238 g/mol. The van der Waals surface area contributed by atoms with Gasteiger partial charge in [-0.3, -0.25) is 4.79 Å². The molecule has 0 bridgehead atoms. The van der Waals surface area contributed by atoms with Crippen molar-refractivity contribution in [3.05, 3.63) is 0 Å². The summed E-state index contributed by atoms with van der Waals surface area (Å²) < 4.78 is 0. The molecule has 0 saturated heterocycles. The van der Waals surface area contributed by atoms with Gasteiger partial charge in [0.05, 0.1) is 0 Å². The van der Waals surface area contributed by atoms with Crippen molar-refractivity contribution >= 4 is 23.6 Å². The van der Waals surface area contributed by atoms with Crippen LogP contribution in [0.3, 0.4) is 0 Å². The lowest BCUT2D eigenvalue weighted by molar-refractivity contribution is -0.141. The highest BCUT2D eigenvalue weighted by Crippen LogP contribution is 2.14. The van der Waals surface area contributed by atoms with Crippen LogP contribution in [0.5, 0.6) is 0 Å². The predicted molar refractivity (Wildman–Crippen MR) is 71.3 cm³/mol. The molecule has 0 aromatic heterocycles. The number of hydrogen-bond donors (Lipinski definition) is 2. The summed E-state index contributed by atoms with van der Waals surface area (Å²) in [5.74, 6) is 1.25. The number of hydrogen-bond acceptors (Lipinski definition) is 3. The van der Waals surface area contributed by atoms with Gasteiger partial charge in [0, 0.05) is 6.92 Å². The number of rotatable bonds is 9. The van der Waals surface area contributed by atoms with Crippen LogP contribution < -0.4 is 5.32 Å². The molecule has 17 heavy (non-hydrogen) atoms. The number of carboxylic acid groups (broad SMARTS) is 1. The molecule has 100 valence electrons. The molecule has 0 aliphatic rings. The molecule has 0 rings (SSSR count). The Bertz CT molecular complexity index is 246. The van der Waals surface area contributed by atoms with Crippen LogP contribution in [-0.2, 0) is 9.59 Å². The van der Waals surface area contributed by atoms with Gasteiger partial charge in [0.25, 0.3) is 0 Å². The molecule has 0 spiro atoms. The number of nitrogens with one attached hydrogen (secondary N) is 1. The van der Waals surface area contributed by atoms with Crippen LogP contribution in [0.25, 0.3) is 0 Å². The van der Waals surface area contributed by atoms with Gasteiger partial charge in [0.1, 0.15) is 6.04 Å². The fourth-order valence-electron chi connectivity index (χ4n) is 1.56. The maximum absolute atomic E-state index is 10.8. The minimum absolute atomic E-state index is 0.290. The predicted octanol–water partition coefficient (Wildman–Crippen LogP) is 2.14. The van der Waals surface area contributed by atoms with E-state index in [-0.39, 0.29) is 5.91 Å². The number of carbonyl (C=O) groups excluding carboxylic acids is 1. The van der Waals surface area contributed by atoms with Crippen LogP contribution >= 0.6 is 11.8 Å². The Labute approximate surface area is 108 Å². The molecule has 1 amide bonds. The molecule has 0 heterocycles. The lowest BCUT2D eigenvalue weighted by Crippen LogP contribution is -2.39. The number of aliphatic carboxylic acids is 1. The van der Waals surface area contributed by atoms with Crippen molar-refractivity contribution in [1.82, 2.24) is 5.32 Å². The van der Waals surface area contributed by atoms with Gasteiger partial charge in [-0.1, -0.05) is 26.7 Å². The second kappa shape index (κ2) is 9.33. The summed E-state index contributed by atoms with van der Waals surface area (Å²) in [6, 6.07) is -0.749. The Morgan fingerprint density at radius 2 is 2.00 bits per heavy atom. The van der Waals surface area contributed by atoms with E-state index in [0.717, 1.165) is 11.5 Å². The van der Waals surface area contributed by atoms with E-state index in [1.165, 1.54) is 19.8 Å². The third-order valence-electron chi connectivity index (χ3n) is 2.41. The highest BCUT2D eigenvalue weighted by Gasteiger charge is 2.17. The molecular formula is C12H23NO3S. The fraction of sp³-hybridized carbons (Fsp3) is 0.833. The number of thioether (sulfide) groups is 1. The van der Waals surface area contributed by atoms with Crippen LogP contribution in [-0.4, -0.2) is 34.5 Å². The Kier molecular flexibility index (Phi) is 8.94. The second-order valence-corrected chi connectivity index (χ2v) is 5.50. The Balaban J connectivity index is 3.75. The first-order chi connectivity index (χ1) is 7.97. The van der Waals surface area contributed by atoms with Gasteiger partial charge < -0.3 is 10.4 Å². The van der Waals surface area contributed by atoms with E-state index in [9.17, 15) is 9.59 Å². The summed E-state index contributed by atoms with van der Waals surface area (Å²) in [4.78, 5) is 21.6. The third kappa shape index (κ3) is 9.03. The minimum atomic E-state index is -0.956. The maximum atomic E-state index is 10.8. The molecule has 2 unspecified atom stereocenters. The summed E-state index contributed by atoms with van der Waals surface area (Å²) in [5.41, 5.74) is 0. The molecule has 0 saturated carbocycles. The lowest BCUT2D eigenvalue weighted by Gasteiger charge is -2.14. The van der Waals surface area contributed by atoms with Crippen LogP contribution in [0.4, 0.5) is 0 Å². The molecule has 0 aliphatic carbocycles. The summed E-state index contributed by atoms with van der Waals surface area (Å²) in [6.07, 6.45) is 2.88. The van der Waals surface area contributed by atoms with Gasteiger partial charge in [0.15, 0.2) is 0 Å². The van der Waals surface area contributed by atoms with Gasteiger partial charge in [-0.25, -0.2) is 4.79 Å². The molecule has 5 heteroatoms. The summed E-state index contributed by atoms with van der Waals surface area (Å²) in [5, 5.41) is 11.3. The topological polar surface area (TPSA) is 66.4 Å². The van der Waals surface area contributed by atoms with Crippen molar-refractivity contribution in [2.45, 2.75) is 46.1 Å². The zero-order valence-corrected chi connectivity index (χ0v) is 11.7. The van der Waals surface area contributed by atoms with Crippen molar-refractivity contribution in [3.63, 3.8) is 0 Å². The number of carboxylic acids is 1. The van der Waals surface area contributed by atoms with Crippen LogP contribution in [0, 0.1) is 5.92 Å². The average Bonchev–Trinajstić information content (AvgIpc) is 2.22. The molecule has 0 fully saturated rings. The quantitative estimate of drug-likeness (QED) is 0.624. The smallest absolute Gasteiger partial charge is 0.326 e. The van der Waals surface area contributed by atoms with Crippen molar-refractivity contribution in [2.24, 2.45) is 5.92 Å². The van der Waals surface area contributed by atoms with Crippen molar-refractivity contribution in [1.29, 1.82) is 0 Å². The Hall–Kier alpha value is -0.710. The number of amides is 1. The van der Waals surface area contributed by atoms with Crippen LogP contribution in [0.2, 0.25) is 0 Å². The molecule has 2 N–H and O–H groups in total. The Morgan fingerprint density at radius 1 is 1.35 bits per heavy atom. The van der Waals surface area contributed by atoms with Crippen LogP contribution in [0.15, 0.2) is 0 Å². The van der Waals surface area contributed by atoms with Crippen molar-refractivity contribution < 1.29 is 14.7 Å². The van der Waals surface area contributed by atoms with Gasteiger partial charge in [-0.05, 0) is 23.8 Å². The number of carbonyl (C=O) groups is 2. The van der Waals surface area contributed by atoms with E-state index < -0.39 is 12.0 Å². The maximum Gasteiger partial charge on any atom is 0.326 e. The first-order valence-corrected chi connectivity index (χ1v) is 7.20. The van der Waals surface area contributed by atoms with Gasteiger partial charge in [-0.2, -0.15) is 11.8 Å². The Morgan fingerprint density at radius 3 is 2.47 bits per heavy atom. The second-order valence-electron chi connectivity index (χ2n) is 4.35. The molecule has 0 aromatic rings. The standard InChI is InChI=1S/C12H23NO3S/c1-4-5-9(2)8-17-7-6-11(12(15)16)13-10(3)14/h9,11H,4-8H2,1-3H3,(H,13,14)(H,15,16). The van der Waals surface area contributed by atoms with E-state index >= 15 is 0 Å². The fourth-order valence-corrected chi connectivity index (χ4v) is 2.70. The highest BCUT2D eigenvalue weighted by atomic mass is 32.2. The normalized spacial score (nSPS) is 14.1. The minimum Gasteiger partial charge on any atom is -0.480 e. The molecule has 2 atom stereocenters. The van der Waals surface area contributed by atoms with E-state index in [4.69, 9.17) is 5.11 Å². The van der Waals surface area contributed by atoms with Crippen molar-refractivity contribution in [3.8, 4) is 0 Å². The molecule has 0 aliphatic heterocycles. The first kappa shape index (κ1) is 16.3. The highest BCUT2D eigenvalue weighted by molar-refractivity contribution is 7.99. The largest absolute Gasteiger partial charge is 0.480 e. The monoisotopic (exact) mass is 261 g/mol. The third-order valence-corrected chi connectivity index (χ3v) is 3.74. The SMILES string of the molecule is CCCC(C)CSCCC(NC(C)=O)C(=O)O. The van der Waals surface area contributed by atoms with E-state index in [2.05, 4.69) is 19.2 Å². The first-order valence-electron chi connectivity index (χ1n) is 6.05. The van der Waals surface area contributed by atoms with E-state index in [1.807, 2.05) is 0 Å². The van der Waals surface area contributed by atoms with E-state index in [0.29, 0.717) is 12.3 Å². The molecule has 0 aromatic carbocycles. The van der Waals surface area contributed by atoms with E-state index in [1.54, 1.807) is 11.8 Å².